The van der Waals surface area contributed by atoms with Crippen LogP contribution < -0.4 is 16.0 Å². The lowest BCUT2D eigenvalue weighted by molar-refractivity contribution is -0.137. The number of halogens is 1. The Kier molecular flexibility index (Phi) is 9.45. The molecule has 1 saturated carbocycles. The van der Waals surface area contributed by atoms with Crippen molar-refractivity contribution in [1.82, 2.24) is 5.32 Å². The number of hydrogen-bond acceptors (Lipinski definition) is 5. The van der Waals surface area contributed by atoms with E-state index < -0.39 is 35.3 Å². The fraction of sp³-hybridized carbons (Fsp3) is 0.312. The van der Waals surface area contributed by atoms with Gasteiger partial charge >= 0.3 is 17.8 Å². The lowest BCUT2D eigenvalue weighted by Gasteiger charge is -2.22. The molecule has 41 heavy (non-hydrogen) atoms. The van der Waals surface area contributed by atoms with Gasteiger partial charge in [-0.05, 0) is 81.3 Å². The van der Waals surface area contributed by atoms with Gasteiger partial charge in [-0.15, -0.1) is 0 Å². The highest BCUT2D eigenvalue weighted by molar-refractivity contribution is 6.40. The van der Waals surface area contributed by atoms with Gasteiger partial charge in [0, 0.05) is 17.1 Å². The van der Waals surface area contributed by atoms with Crippen LogP contribution in [0, 0.1) is 5.92 Å². The van der Waals surface area contributed by atoms with E-state index in [0.717, 1.165) is 30.4 Å². The molecule has 1 aliphatic rings. The normalized spacial score (nSPS) is 13.6. The molecular formula is C32H34ClN3O5. The summed E-state index contributed by atoms with van der Waals surface area (Å²) in [5.41, 5.74) is 1.81. The van der Waals surface area contributed by atoms with Crippen LogP contribution >= 0.6 is 11.6 Å². The lowest BCUT2D eigenvalue weighted by Crippen LogP contribution is -2.49. The van der Waals surface area contributed by atoms with Crippen LogP contribution in [0.15, 0.2) is 72.8 Å². The summed E-state index contributed by atoms with van der Waals surface area (Å²) in [4.78, 5) is 52.3. The number of benzene rings is 3. The topological polar surface area (TPSA) is 114 Å². The molecule has 9 heteroatoms. The van der Waals surface area contributed by atoms with E-state index >= 15 is 0 Å². The van der Waals surface area contributed by atoms with Crippen molar-refractivity contribution in [2.24, 2.45) is 5.92 Å². The van der Waals surface area contributed by atoms with Gasteiger partial charge in [0.25, 0.3) is 0 Å². The molecule has 3 aromatic carbocycles. The summed E-state index contributed by atoms with van der Waals surface area (Å²) in [6.45, 7) is 5.25. The minimum atomic E-state index is -1.12. The minimum Gasteiger partial charge on any atom is -0.456 e. The van der Waals surface area contributed by atoms with Crippen LogP contribution in [0.5, 0.6) is 0 Å². The van der Waals surface area contributed by atoms with E-state index in [1.165, 1.54) is 0 Å². The number of amides is 3. The molecule has 8 nitrogen and oxygen atoms in total. The molecule has 0 aliphatic heterocycles. The Morgan fingerprint density at radius 1 is 0.878 bits per heavy atom. The second-order valence-corrected chi connectivity index (χ2v) is 11.6. The molecule has 4 rings (SSSR count). The fourth-order valence-electron chi connectivity index (χ4n) is 4.26. The number of carbonyl (C=O) groups excluding carboxylic acids is 4. The molecule has 1 aliphatic carbocycles. The number of hydrogen-bond donors (Lipinski definition) is 3. The van der Waals surface area contributed by atoms with Crippen molar-refractivity contribution in [2.75, 3.05) is 10.6 Å². The molecule has 1 atom stereocenters. The Balaban J connectivity index is 1.51. The third-order valence-electron chi connectivity index (χ3n) is 6.44. The Bertz CT molecular complexity index is 1430. The second-order valence-electron chi connectivity index (χ2n) is 11.2. The molecule has 3 aromatic rings. The molecule has 0 radical (unpaired) electrons. The predicted molar refractivity (Wildman–Crippen MR) is 159 cm³/mol. The van der Waals surface area contributed by atoms with Crippen LogP contribution in [-0.2, 0) is 32.0 Å². The fourth-order valence-corrected chi connectivity index (χ4v) is 4.43. The average molecular weight is 576 g/mol. The first kappa shape index (κ1) is 29.8. The first-order chi connectivity index (χ1) is 19.5. The van der Waals surface area contributed by atoms with Crippen LogP contribution in [0.25, 0.3) is 0 Å². The molecule has 0 spiro atoms. The SMILES string of the molecule is CC(C)(C)OC(=O)c1ccccc1NC(=O)C(Cc1ccccc1)NC(=O)C(=O)Nc1cc(Cl)ccc1CC1CC1. The highest BCUT2D eigenvalue weighted by atomic mass is 35.5. The Morgan fingerprint density at radius 2 is 1.56 bits per heavy atom. The summed E-state index contributed by atoms with van der Waals surface area (Å²) >= 11 is 6.16. The van der Waals surface area contributed by atoms with Crippen LogP contribution in [0.2, 0.25) is 5.02 Å². The summed E-state index contributed by atoms with van der Waals surface area (Å²) in [6, 6.07) is 19.7. The maximum Gasteiger partial charge on any atom is 0.340 e. The summed E-state index contributed by atoms with van der Waals surface area (Å²) in [6.07, 6.45) is 3.16. The number of para-hydroxylation sites is 1. The van der Waals surface area contributed by atoms with Crippen LogP contribution in [0.4, 0.5) is 11.4 Å². The molecule has 3 amide bonds. The Hall–Kier alpha value is -4.17. The van der Waals surface area contributed by atoms with Gasteiger partial charge in [-0.1, -0.05) is 60.1 Å². The molecule has 1 unspecified atom stereocenters. The van der Waals surface area contributed by atoms with E-state index in [4.69, 9.17) is 16.3 Å². The quantitative estimate of drug-likeness (QED) is 0.229. The van der Waals surface area contributed by atoms with E-state index in [1.54, 1.807) is 57.2 Å². The van der Waals surface area contributed by atoms with Crippen LogP contribution in [0.1, 0.15) is 55.1 Å². The van der Waals surface area contributed by atoms with Gasteiger partial charge in [-0.25, -0.2) is 4.79 Å². The minimum absolute atomic E-state index is 0.115. The maximum atomic E-state index is 13.5. The summed E-state index contributed by atoms with van der Waals surface area (Å²) in [5, 5.41) is 8.40. The molecule has 0 heterocycles. The van der Waals surface area contributed by atoms with E-state index in [1.807, 2.05) is 36.4 Å². The maximum absolute atomic E-state index is 13.5. The van der Waals surface area contributed by atoms with Gasteiger partial charge < -0.3 is 20.7 Å². The molecule has 3 N–H and O–H groups in total. The van der Waals surface area contributed by atoms with E-state index in [9.17, 15) is 19.2 Å². The van der Waals surface area contributed by atoms with Gasteiger partial charge in [0.1, 0.15) is 11.6 Å². The van der Waals surface area contributed by atoms with Crippen molar-refractivity contribution in [1.29, 1.82) is 0 Å². The largest absolute Gasteiger partial charge is 0.456 e. The third kappa shape index (κ3) is 8.91. The molecule has 0 saturated heterocycles. The van der Waals surface area contributed by atoms with Crippen molar-refractivity contribution >= 4 is 46.7 Å². The Labute approximate surface area is 244 Å². The summed E-state index contributed by atoms with van der Waals surface area (Å²) < 4.78 is 5.48. The number of rotatable bonds is 9. The highest BCUT2D eigenvalue weighted by Gasteiger charge is 2.28. The van der Waals surface area contributed by atoms with Crippen molar-refractivity contribution in [3.8, 4) is 0 Å². The zero-order chi connectivity index (χ0) is 29.6. The number of nitrogens with one attached hydrogen (secondary N) is 3. The van der Waals surface area contributed by atoms with E-state index in [2.05, 4.69) is 16.0 Å². The molecule has 0 aromatic heterocycles. The molecule has 1 fully saturated rings. The Morgan fingerprint density at radius 3 is 2.24 bits per heavy atom. The standard InChI is InChI=1S/C32H34ClN3O5/c1-32(2,3)41-31(40)24-11-7-8-12-25(24)34-28(37)27(18-20-9-5-4-6-10-20)36-30(39)29(38)35-26-19-23(33)16-15-22(26)17-21-13-14-21/h4-12,15-16,19,21,27H,13-14,17-18H2,1-3H3,(H,34,37)(H,35,38)(H,36,39). The van der Waals surface area contributed by atoms with Crippen molar-refractivity contribution < 1.29 is 23.9 Å². The number of carbonyl (C=O) groups is 4. The summed E-state index contributed by atoms with van der Waals surface area (Å²) in [7, 11) is 0. The van der Waals surface area contributed by atoms with E-state index in [0.29, 0.717) is 16.6 Å². The zero-order valence-electron chi connectivity index (χ0n) is 23.3. The number of ether oxygens (including phenoxy) is 1. The lowest BCUT2D eigenvalue weighted by atomic mass is 10.0. The van der Waals surface area contributed by atoms with Crippen LogP contribution in [-0.4, -0.2) is 35.3 Å². The van der Waals surface area contributed by atoms with Crippen LogP contribution in [0.3, 0.4) is 0 Å². The second kappa shape index (κ2) is 13.0. The number of anilines is 2. The molecular weight excluding hydrogens is 542 g/mol. The van der Waals surface area contributed by atoms with Crippen molar-refractivity contribution in [3.05, 3.63) is 94.5 Å². The van der Waals surface area contributed by atoms with Gasteiger partial charge in [0.05, 0.1) is 11.3 Å². The van der Waals surface area contributed by atoms with Gasteiger partial charge in [0.15, 0.2) is 0 Å². The average Bonchev–Trinajstić information content (AvgIpc) is 3.74. The van der Waals surface area contributed by atoms with Crippen molar-refractivity contribution in [2.45, 2.75) is 58.1 Å². The molecule has 0 bridgehead atoms. The van der Waals surface area contributed by atoms with Gasteiger partial charge in [-0.3, -0.25) is 14.4 Å². The first-order valence-corrected chi connectivity index (χ1v) is 13.9. The van der Waals surface area contributed by atoms with Gasteiger partial charge in [-0.2, -0.15) is 0 Å². The molecule has 214 valence electrons. The summed E-state index contributed by atoms with van der Waals surface area (Å²) in [5.74, 6) is -2.52. The zero-order valence-corrected chi connectivity index (χ0v) is 24.1. The number of esters is 1. The van der Waals surface area contributed by atoms with Gasteiger partial charge in [0.2, 0.25) is 5.91 Å². The first-order valence-electron chi connectivity index (χ1n) is 13.6. The van der Waals surface area contributed by atoms with Crippen molar-refractivity contribution in [3.63, 3.8) is 0 Å². The highest BCUT2D eigenvalue weighted by Crippen LogP contribution is 2.35. The predicted octanol–water partition coefficient (Wildman–Crippen LogP) is 5.55. The monoisotopic (exact) mass is 575 g/mol. The van der Waals surface area contributed by atoms with E-state index in [-0.39, 0.29) is 17.7 Å². The smallest absolute Gasteiger partial charge is 0.340 e. The third-order valence-corrected chi connectivity index (χ3v) is 6.68.